The van der Waals surface area contributed by atoms with Crippen molar-refractivity contribution in [1.82, 2.24) is 15.5 Å². The highest BCUT2D eigenvalue weighted by atomic mass is 19.4. The Hall–Kier alpha value is -1.31. The van der Waals surface area contributed by atoms with Crippen molar-refractivity contribution < 1.29 is 22.8 Å². The van der Waals surface area contributed by atoms with E-state index in [0.29, 0.717) is 12.8 Å². The molecule has 1 aliphatic carbocycles. The van der Waals surface area contributed by atoms with Gasteiger partial charge in [-0.3, -0.25) is 14.9 Å². The summed E-state index contributed by atoms with van der Waals surface area (Å²) in [6.45, 7) is -1.22. The van der Waals surface area contributed by atoms with E-state index in [1.165, 1.54) is 0 Å². The first kappa shape index (κ1) is 13.1. The van der Waals surface area contributed by atoms with Crippen molar-refractivity contribution in [3.8, 4) is 0 Å². The van der Waals surface area contributed by atoms with Gasteiger partial charge >= 0.3 is 6.18 Å². The van der Waals surface area contributed by atoms with Gasteiger partial charge in [0, 0.05) is 12.6 Å². The van der Waals surface area contributed by atoms with Gasteiger partial charge in [-0.15, -0.1) is 0 Å². The second kappa shape index (κ2) is 4.75. The predicted molar refractivity (Wildman–Crippen MR) is 55.6 cm³/mol. The number of hydrogen-bond acceptors (Lipinski definition) is 3. The van der Waals surface area contributed by atoms with Crippen molar-refractivity contribution in [2.75, 3.05) is 19.6 Å². The van der Waals surface area contributed by atoms with Gasteiger partial charge in [-0.05, 0) is 12.8 Å². The van der Waals surface area contributed by atoms with Crippen LogP contribution in [0.2, 0.25) is 0 Å². The molecule has 2 fully saturated rings. The number of carbonyl (C=O) groups excluding carboxylic acids is 2. The van der Waals surface area contributed by atoms with E-state index in [1.54, 1.807) is 0 Å². The van der Waals surface area contributed by atoms with Crippen molar-refractivity contribution in [3.63, 3.8) is 0 Å². The van der Waals surface area contributed by atoms with Crippen LogP contribution < -0.4 is 10.6 Å². The minimum Gasteiger partial charge on any atom is -0.353 e. The van der Waals surface area contributed by atoms with Crippen LogP contribution >= 0.6 is 0 Å². The molecule has 1 atom stereocenters. The largest absolute Gasteiger partial charge is 0.406 e. The van der Waals surface area contributed by atoms with Gasteiger partial charge in [0.2, 0.25) is 11.8 Å². The fourth-order valence-corrected chi connectivity index (χ4v) is 1.91. The number of piperazine rings is 1. The molecule has 0 radical (unpaired) electrons. The number of hydrogen-bond donors (Lipinski definition) is 2. The summed E-state index contributed by atoms with van der Waals surface area (Å²) >= 11 is 0. The molecule has 2 aliphatic rings. The highest BCUT2D eigenvalue weighted by molar-refractivity contribution is 5.87. The zero-order chi connectivity index (χ0) is 13.3. The Bertz CT molecular complexity index is 345. The van der Waals surface area contributed by atoms with E-state index in [1.807, 2.05) is 0 Å². The first-order valence-electron chi connectivity index (χ1n) is 5.74. The van der Waals surface area contributed by atoms with Crippen LogP contribution in [0.15, 0.2) is 0 Å². The van der Waals surface area contributed by atoms with Crippen LogP contribution in [0.1, 0.15) is 12.8 Å². The van der Waals surface area contributed by atoms with Gasteiger partial charge in [-0.25, -0.2) is 0 Å². The summed E-state index contributed by atoms with van der Waals surface area (Å²) in [4.78, 5) is 23.7. The van der Waals surface area contributed by atoms with Crippen LogP contribution in [0.25, 0.3) is 0 Å². The van der Waals surface area contributed by atoms with Crippen LogP contribution in [-0.4, -0.2) is 54.6 Å². The molecule has 0 aromatic rings. The third kappa shape index (κ3) is 3.34. The molecule has 0 aromatic heterocycles. The lowest BCUT2D eigenvalue weighted by Crippen LogP contribution is -2.59. The maximum atomic E-state index is 12.4. The maximum Gasteiger partial charge on any atom is 0.406 e. The van der Waals surface area contributed by atoms with Crippen molar-refractivity contribution >= 4 is 11.8 Å². The Labute approximate surface area is 102 Å². The van der Waals surface area contributed by atoms with Gasteiger partial charge in [-0.1, -0.05) is 0 Å². The fraction of sp³-hybridized carbons (Fsp3) is 0.800. The molecule has 18 heavy (non-hydrogen) atoms. The van der Waals surface area contributed by atoms with Crippen LogP contribution in [0.3, 0.4) is 0 Å². The summed E-state index contributed by atoms with van der Waals surface area (Å²) in [6, 6.07) is -1.07. The molecule has 1 aliphatic heterocycles. The Morgan fingerprint density at radius 2 is 2.06 bits per heavy atom. The van der Waals surface area contributed by atoms with Gasteiger partial charge in [0.05, 0.1) is 6.54 Å². The Balaban J connectivity index is 1.97. The number of amides is 2. The highest BCUT2D eigenvalue weighted by Gasteiger charge is 2.42. The van der Waals surface area contributed by atoms with E-state index in [2.05, 4.69) is 10.6 Å². The molecule has 5 nitrogen and oxygen atoms in total. The first-order chi connectivity index (χ1) is 8.37. The van der Waals surface area contributed by atoms with Crippen molar-refractivity contribution in [2.45, 2.75) is 31.1 Å². The van der Waals surface area contributed by atoms with Gasteiger partial charge < -0.3 is 10.2 Å². The lowest BCUT2D eigenvalue weighted by Gasteiger charge is -2.30. The minimum atomic E-state index is -4.39. The maximum absolute atomic E-state index is 12.4. The molecule has 0 aromatic carbocycles. The van der Waals surface area contributed by atoms with E-state index in [4.69, 9.17) is 0 Å². The highest BCUT2D eigenvalue weighted by Crippen LogP contribution is 2.30. The number of nitrogens with one attached hydrogen (secondary N) is 2. The van der Waals surface area contributed by atoms with Crippen LogP contribution in [0.4, 0.5) is 13.2 Å². The van der Waals surface area contributed by atoms with Crippen molar-refractivity contribution in [3.05, 3.63) is 0 Å². The molecular formula is C10H14F3N3O2. The van der Waals surface area contributed by atoms with Crippen molar-refractivity contribution in [1.29, 1.82) is 0 Å². The molecule has 0 bridgehead atoms. The average Bonchev–Trinajstić information content (AvgIpc) is 3.08. The molecule has 102 valence electrons. The zero-order valence-corrected chi connectivity index (χ0v) is 9.59. The standard InChI is InChI=1S/C10H14F3N3O2/c11-10(12,13)5-16(6-1-2-6)9(18)7-3-15-8(17)4-14-7/h6-7,14H,1-5H2,(H,15,17). The molecule has 1 saturated heterocycles. The average molecular weight is 265 g/mol. The smallest absolute Gasteiger partial charge is 0.353 e. The summed E-state index contributed by atoms with van der Waals surface area (Å²) < 4.78 is 37.2. The molecule has 2 amide bonds. The lowest BCUT2D eigenvalue weighted by molar-refractivity contribution is -0.164. The third-order valence-electron chi connectivity index (χ3n) is 2.93. The molecule has 2 rings (SSSR count). The third-order valence-corrected chi connectivity index (χ3v) is 2.93. The number of carbonyl (C=O) groups is 2. The SMILES string of the molecule is O=C1CNC(C(=O)N(CC(F)(F)F)C2CC2)CN1. The molecule has 2 N–H and O–H groups in total. The number of rotatable bonds is 3. The van der Waals surface area contributed by atoms with Gasteiger partial charge in [0.1, 0.15) is 12.6 Å². The molecule has 8 heteroatoms. The monoisotopic (exact) mass is 265 g/mol. The van der Waals surface area contributed by atoms with E-state index in [0.717, 1.165) is 4.90 Å². The molecular weight excluding hydrogens is 251 g/mol. The van der Waals surface area contributed by atoms with Crippen molar-refractivity contribution in [2.24, 2.45) is 0 Å². The quantitative estimate of drug-likeness (QED) is 0.732. The molecule has 1 heterocycles. The van der Waals surface area contributed by atoms with E-state index in [-0.39, 0.29) is 25.0 Å². The van der Waals surface area contributed by atoms with Gasteiger partial charge in [0.25, 0.3) is 0 Å². The Kier molecular flexibility index (Phi) is 3.47. The summed E-state index contributed by atoms with van der Waals surface area (Å²) in [5.41, 5.74) is 0. The summed E-state index contributed by atoms with van der Waals surface area (Å²) in [6.07, 6.45) is -3.17. The number of halogens is 3. The number of nitrogens with zero attached hydrogens (tertiary/aromatic N) is 1. The zero-order valence-electron chi connectivity index (χ0n) is 9.59. The van der Waals surface area contributed by atoms with E-state index < -0.39 is 24.7 Å². The van der Waals surface area contributed by atoms with Gasteiger partial charge in [-0.2, -0.15) is 13.2 Å². The Morgan fingerprint density at radius 1 is 1.39 bits per heavy atom. The van der Waals surface area contributed by atoms with E-state index in [9.17, 15) is 22.8 Å². The second-order valence-corrected chi connectivity index (χ2v) is 4.55. The summed E-state index contributed by atoms with van der Waals surface area (Å²) in [7, 11) is 0. The molecule has 0 spiro atoms. The molecule has 1 unspecified atom stereocenters. The minimum absolute atomic E-state index is 0.0404. The fourth-order valence-electron chi connectivity index (χ4n) is 1.91. The normalized spacial score (nSPS) is 24.6. The van der Waals surface area contributed by atoms with E-state index >= 15 is 0 Å². The Morgan fingerprint density at radius 3 is 2.50 bits per heavy atom. The predicted octanol–water partition coefficient (Wildman–Crippen LogP) is -0.372. The summed E-state index contributed by atoms with van der Waals surface area (Å²) in [5.74, 6) is -0.845. The van der Waals surface area contributed by atoms with Crippen LogP contribution in [0.5, 0.6) is 0 Å². The molecule has 1 saturated carbocycles. The topological polar surface area (TPSA) is 61.4 Å². The van der Waals surface area contributed by atoms with Crippen LogP contribution in [0, 0.1) is 0 Å². The van der Waals surface area contributed by atoms with Crippen LogP contribution in [-0.2, 0) is 9.59 Å². The van der Waals surface area contributed by atoms with Gasteiger partial charge in [0.15, 0.2) is 0 Å². The first-order valence-corrected chi connectivity index (χ1v) is 5.74. The number of alkyl halides is 3. The second-order valence-electron chi connectivity index (χ2n) is 4.55. The summed E-state index contributed by atoms with van der Waals surface area (Å²) in [5, 5.41) is 5.11. The lowest BCUT2D eigenvalue weighted by atomic mass is 10.2.